The molecule has 0 spiro atoms. The van der Waals surface area contributed by atoms with Crippen molar-refractivity contribution in [1.82, 2.24) is 15.1 Å². The predicted molar refractivity (Wildman–Crippen MR) is 121 cm³/mol. The van der Waals surface area contributed by atoms with Gasteiger partial charge in [-0.15, -0.1) is 0 Å². The summed E-state index contributed by atoms with van der Waals surface area (Å²) in [5.74, 6) is -1.37. The highest BCUT2D eigenvalue weighted by Gasteiger charge is 2.34. The van der Waals surface area contributed by atoms with Crippen molar-refractivity contribution in [3.8, 4) is 0 Å². The fourth-order valence-corrected chi connectivity index (χ4v) is 3.31. The molecule has 1 heterocycles. The monoisotopic (exact) mass is 425 g/mol. The van der Waals surface area contributed by atoms with Crippen LogP contribution < -0.4 is 5.32 Å². The van der Waals surface area contributed by atoms with E-state index in [1.807, 2.05) is 13.8 Å². The number of carboxylic acids is 1. The van der Waals surface area contributed by atoms with Crippen molar-refractivity contribution in [2.45, 2.75) is 92.3 Å². The van der Waals surface area contributed by atoms with Gasteiger partial charge < -0.3 is 15.3 Å². The minimum absolute atomic E-state index is 0.0652. The number of rotatable bonds is 8. The van der Waals surface area contributed by atoms with Crippen molar-refractivity contribution in [2.75, 3.05) is 20.1 Å². The van der Waals surface area contributed by atoms with Gasteiger partial charge in [0.1, 0.15) is 6.04 Å². The summed E-state index contributed by atoms with van der Waals surface area (Å²) in [4.78, 5) is 40.3. The molecule has 1 fully saturated rings. The first-order valence-corrected chi connectivity index (χ1v) is 11.2. The predicted octanol–water partition coefficient (Wildman–Crippen LogP) is 3.30. The number of nitrogens with zero attached hydrogens (tertiary/aromatic N) is 2. The number of hydrogen-bond acceptors (Lipinski definition) is 4. The highest BCUT2D eigenvalue weighted by atomic mass is 16.4. The van der Waals surface area contributed by atoms with Crippen LogP contribution in [-0.2, 0) is 14.4 Å². The zero-order valence-electron chi connectivity index (χ0n) is 20.2. The molecule has 0 aliphatic carbocycles. The molecule has 0 bridgehead atoms. The third kappa shape index (κ3) is 9.28. The van der Waals surface area contributed by atoms with Crippen molar-refractivity contribution in [3.63, 3.8) is 0 Å². The lowest BCUT2D eigenvalue weighted by atomic mass is 9.97. The summed E-state index contributed by atoms with van der Waals surface area (Å²) in [6.07, 6.45) is 5.66. The Morgan fingerprint density at radius 3 is 2.20 bits per heavy atom. The molecule has 7 heteroatoms. The van der Waals surface area contributed by atoms with Gasteiger partial charge in [0.15, 0.2) is 0 Å². The average molecular weight is 426 g/mol. The third-order valence-electron chi connectivity index (χ3n) is 5.13. The zero-order chi connectivity index (χ0) is 23.4. The number of carbonyl (C=O) groups is 3. The topological polar surface area (TPSA) is 90.0 Å². The highest BCUT2D eigenvalue weighted by molar-refractivity contribution is 5.90. The Hall–Kier alpha value is -1.89. The number of piperidine rings is 1. The fourth-order valence-electron chi connectivity index (χ4n) is 3.31. The molecule has 2 amide bonds. The van der Waals surface area contributed by atoms with Crippen LogP contribution in [0.2, 0.25) is 0 Å². The van der Waals surface area contributed by atoms with Gasteiger partial charge in [-0.05, 0) is 46.1 Å². The fraction of sp³-hybridized carbons (Fsp3) is 0.783. The van der Waals surface area contributed by atoms with E-state index >= 15 is 0 Å². The highest BCUT2D eigenvalue weighted by Crippen LogP contribution is 2.20. The maximum atomic E-state index is 12.9. The van der Waals surface area contributed by atoms with Gasteiger partial charge in [-0.1, -0.05) is 46.6 Å². The standard InChI is InChI=1S/C20H35N3O4.C3H8/c1-13(2)17(19(25)22(6)12-10-15(5)20(26)27)21-18(24)16-9-7-8-11-23(16)14(3)4;1-3-2/h10,13-14,16-17H,7-9,11-12H2,1-6H3,(H,21,24)(H,26,27);3H2,1-2H3/b15-10+;. The molecule has 1 aliphatic rings. The average Bonchev–Trinajstić information content (AvgIpc) is 2.69. The lowest BCUT2D eigenvalue weighted by Gasteiger charge is -2.38. The zero-order valence-corrected chi connectivity index (χ0v) is 20.2. The Balaban J connectivity index is 0.00000263. The van der Waals surface area contributed by atoms with Gasteiger partial charge in [-0.3, -0.25) is 14.5 Å². The number of nitrogens with one attached hydrogen (secondary N) is 1. The first kappa shape index (κ1) is 28.1. The SMILES string of the molecule is C/C(=C\CN(C)C(=O)C(NC(=O)C1CCCCN1C(C)C)C(C)C)C(=O)O.CCC. The van der Waals surface area contributed by atoms with Gasteiger partial charge in [0.2, 0.25) is 11.8 Å². The van der Waals surface area contributed by atoms with Gasteiger partial charge in [-0.25, -0.2) is 4.79 Å². The van der Waals surface area contributed by atoms with E-state index < -0.39 is 12.0 Å². The van der Waals surface area contributed by atoms with Crippen molar-refractivity contribution in [3.05, 3.63) is 11.6 Å². The van der Waals surface area contributed by atoms with Crippen molar-refractivity contribution in [2.24, 2.45) is 5.92 Å². The van der Waals surface area contributed by atoms with E-state index in [2.05, 4.69) is 37.9 Å². The van der Waals surface area contributed by atoms with E-state index in [9.17, 15) is 14.4 Å². The summed E-state index contributed by atoms with van der Waals surface area (Å²) in [6, 6.07) is -0.551. The van der Waals surface area contributed by atoms with E-state index in [-0.39, 0.29) is 41.9 Å². The lowest BCUT2D eigenvalue weighted by Crippen LogP contribution is -2.57. The molecule has 1 aliphatic heterocycles. The summed E-state index contributed by atoms with van der Waals surface area (Å²) < 4.78 is 0. The Kier molecular flexibility index (Phi) is 13.3. The molecular formula is C23H43N3O4. The van der Waals surface area contributed by atoms with Crippen molar-refractivity contribution in [1.29, 1.82) is 0 Å². The normalized spacial score (nSPS) is 18.5. The molecule has 1 rings (SSSR count). The summed E-state index contributed by atoms with van der Waals surface area (Å²) in [6.45, 7) is 14.8. The molecular weight excluding hydrogens is 382 g/mol. The number of likely N-dealkylation sites (tertiary alicyclic amines) is 1. The Morgan fingerprint density at radius 1 is 1.17 bits per heavy atom. The maximum Gasteiger partial charge on any atom is 0.331 e. The van der Waals surface area contributed by atoms with Crippen molar-refractivity contribution >= 4 is 17.8 Å². The number of amides is 2. The molecule has 2 atom stereocenters. The van der Waals surface area contributed by atoms with Crippen LogP contribution in [0.4, 0.5) is 0 Å². The molecule has 2 unspecified atom stereocenters. The van der Waals surface area contributed by atoms with Crippen LogP contribution in [0.3, 0.4) is 0 Å². The van der Waals surface area contributed by atoms with E-state index in [0.29, 0.717) is 0 Å². The van der Waals surface area contributed by atoms with Crippen LogP contribution >= 0.6 is 0 Å². The summed E-state index contributed by atoms with van der Waals surface area (Å²) >= 11 is 0. The second-order valence-corrected chi connectivity index (χ2v) is 8.69. The van der Waals surface area contributed by atoms with Crippen LogP contribution in [0.1, 0.15) is 74.1 Å². The quantitative estimate of drug-likeness (QED) is 0.583. The Morgan fingerprint density at radius 2 is 1.73 bits per heavy atom. The van der Waals surface area contributed by atoms with Crippen LogP contribution in [0.15, 0.2) is 11.6 Å². The smallest absolute Gasteiger partial charge is 0.331 e. The molecule has 1 saturated heterocycles. The number of carboxylic acid groups (broad SMARTS) is 1. The number of likely N-dealkylation sites (N-methyl/N-ethyl adjacent to an activating group) is 1. The van der Waals surface area contributed by atoms with Crippen LogP contribution in [0.25, 0.3) is 0 Å². The number of hydrogen-bond donors (Lipinski definition) is 2. The van der Waals surface area contributed by atoms with E-state index in [1.54, 1.807) is 7.05 Å². The maximum absolute atomic E-state index is 12.9. The first-order chi connectivity index (χ1) is 14.0. The molecule has 0 aromatic heterocycles. The van der Waals surface area contributed by atoms with Crippen LogP contribution in [0.5, 0.6) is 0 Å². The summed E-state index contributed by atoms with van der Waals surface area (Å²) in [5.41, 5.74) is 0.189. The molecule has 0 saturated carbocycles. The minimum Gasteiger partial charge on any atom is -0.478 e. The second-order valence-electron chi connectivity index (χ2n) is 8.69. The van der Waals surface area contributed by atoms with Crippen LogP contribution in [-0.4, -0.2) is 71.0 Å². The first-order valence-electron chi connectivity index (χ1n) is 11.2. The third-order valence-corrected chi connectivity index (χ3v) is 5.13. The molecule has 7 nitrogen and oxygen atoms in total. The van der Waals surface area contributed by atoms with Gasteiger partial charge in [0, 0.05) is 25.2 Å². The van der Waals surface area contributed by atoms with Crippen LogP contribution in [0, 0.1) is 5.92 Å². The van der Waals surface area contributed by atoms with Gasteiger partial charge in [0.25, 0.3) is 0 Å². The van der Waals surface area contributed by atoms with Gasteiger partial charge >= 0.3 is 5.97 Å². The molecule has 0 aromatic carbocycles. The minimum atomic E-state index is -1.00. The number of aliphatic carboxylic acids is 1. The van der Waals surface area contributed by atoms with E-state index in [1.165, 1.54) is 24.3 Å². The molecule has 0 aromatic rings. The molecule has 30 heavy (non-hydrogen) atoms. The summed E-state index contributed by atoms with van der Waals surface area (Å²) in [5, 5.41) is 11.9. The Bertz CT molecular complexity index is 587. The van der Waals surface area contributed by atoms with Gasteiger partial charge in [-0.2, -0.15) is 0 Å². The second kappa shape index (κ2) is 14.2. The largest absolute Gasteiger partial charge is 0.478 e. The van der Waals surface area contributed by atoms with E-state index in [0.717, 1.165) is 25.8 Å². The van der Waals surface area contributed by atoms with Gasteiger partial charge in [0.05, 0.1) is 6.04 Å². The Labute approximate surface area is 182 Å². The molecule has 174 valence electrons. The van der Waals surface area contributed by atoms with E-state index in [4.69, 9.17) is 5.11 Å². The number of carbonyl (C=O) groups excluding carboxylic acids is 2. The summed E-state index contributed by atoms with van der Waals surface area (Å²) in [7, 11) is 1.62. The van der Waals surface area contributed by atoms with Crippen molar-refractivity contribution < 1.29 is 19.5 Å². The lowest BCUT2D eigenvalue weighted by molar-refractivity contribution is -0.138. The molecule has 2 N–H and O–H groups in total. The molecule has 0 radical (unpaired) electrons.